The molecule has 9 heteroatoms. The highest BCUT2D eigenvalue weighted by molar-refractivity contribution is 5.85. The number of benzene rings is 2. The van der Waals surface area contributed by atoms with Gasteiger partial charge in [0, 0.05) is 45.2 Å². The summed E-state index contributed by atoms with van der Waals surface area (Å²) in [5.74, 6) is 1.10. The zero-order valence-corrected chi connectivity index (χ0v) is 18.5. The molecule has 3 rings (SSSR count). The second-order valence-electron chi connectivity index (χ2n) is 7.30. The number of fused-ring (bicyclic) bond motifs is 1. The average molecular weight is 448 g/mol. The van der Waals surface area contributed by atoms with Crippen LogP contribution in [-0.2, 0) is 0 Å². The zero-order valence-electron chi connectivity index (χ0n) is 17.7. The van der Waals surface area contributed by atoms with Crippen molar-refractivity contribution in [3.63, 3.8) is 0 Å². The monoisotopic (exact) mass is 447 g/mol. The van der Waals surface area contributed by atoms with Gasteiger partial charge >= 0.3 is 6.09 Å². The van der Waals surface area contributed by atoms with E-state index in [-0.39, 0.29) is 24.1 Å². The van der Waals surface area contributed by atoms with E-state index in [4.69, 9.17) is 9.47 Å². The Bertz CT molecular complexity index is 947. The predicted octanol–water partition coefficient (Wildman–Crippen LogP) is 4.55. The van der Waals surface area contributed by atoms with Gasteiger partial charge in [0.25, 0.3) is 5.69 Å². The first-order chi connectivity index (χ1) is 14.3. The first-order valence-corrected chi connectivity index (χ1v) is 9.62. The van der Waals surface area contributed by atoms with Gasteiger partial charge in [-0.1, -0.05) is 18.2 Å². The SMILES string of the molecule is CN(C)C(=O)Oc1ccc2c(c1)C=CCN(C)[C@H]2CCOc1ccc([N+](=O)[O-])cc1.Cl. The topological polar surface area (TPSA) is 85.2 Å². The summed E-state index contributed by atoms with van der Waals surface area (Å²) >= 11 is 0. The molecule has 0 saturated heterocycles. The standard InChI is InChI=1S/C22H25N3O5.ClH/c1-23(2)22(26)30-19-10-11-20-16(15-19)5-4-13-24(3)21(20)12-14-29-18-8-6-17(7-9-18)25(27)28;/h4-11,15,21H,12-14H2,1-3H3;1H/t21-;/m0./s1. The van der Waals surface area contributed by atoms with E-state index in [0.717, 1.165) is 24.1 Å². The number of nitro groups is 1. The van der Waals surface area contributed by atoms with Gasteiger partial charge in [-0.25, -0.2) is 4.79 Å². The summed E-state index contributed by atoms with van der Waals surface area (Å²) in [6.07, 6.45) is 4.43. The summed E-state index contributed by atoms with van der Waals surface area (Å²) in [5.41, 5.74) is 2.17. The molecule has 2 aromatic carbocycles. The van der Waals surface area contributed by atoms with Crippen LogP contribution in [0.15, 0.2) is 48.5 Å². The van der Waals surface area contributed by atoms with Crippen molar-refractivity contribution in [2.24, 2.45) is 0 Å². The Balaban J connectivity index is 0.00000341. The predicted molar refractivity (Wildman–Crippen MR) is 121 cm³/mol. The van der Waals surface area contributed by atoms with E-state index in [1.807, 2.05) is 18.2 Å². The quantitative estimate of drug-likeness (QED) is 0.477. The Hall–Kier alpha value is -3.10. The average Bonchev–Trinajstić information content (AvgIpc) is 2.86. The zero-order chi connectivity index (χ0) is 21.7. The van der Waals surface area contributed by atoms with E-state index in [0.29, 0.717) is 18.1 Å². The van der Waals surface area contributed by atoms with E-state index >= 15 is 0 Å². The minimum absolute atomic E-state index is 0. The molecule has 166 valence electrons. The van der Waals surface area contributed by atoms with Crippen molar-refractivity contribution in [3.8, 4) is 11.5 Å². The summed E-state index contributed by atoms with van der Waals surface area (Å²) in [4.78, 5) is 25.8. The van der Waals surface area contributed by atoms with Gasteiger partial charge in [0.1, 0.15) is 11.5 Å². The van der Waals surface area contributed by atoms with E-state index in [1.165, 1.54) is 17.0 Å². The summed E-state index contributed by atoms with van der Waals surface area (Å²) in [7, 11) is 5.33. The van der Waals surface area contributed by atoms with Crippen molar-refractivity contribution < 1.29 is 19.2 Å². The van der Waals surface area contributed by atoms with Crippen molar-refractivity contribution in [1.29, 1.82) is 0 Å². The lowest BCUT2D eigenvalue weighted by atomic mass is 9.97. The van der Waals surface area contributed by atoms with Gasteiger partial charge in [0.2, 0.25) is 0 Å². The summed E-state index contributed by atoms with van der Waals surface area (Å²) < 4.78 is 11.2. The summed E-state index contributed by atoms with van der Waals surface area (Å²) in [6, 6.07) is 11.9. The molecule has 0 radical (unpaired) electrons. The Kier molecular flexibility index (Phi) is 8.41. The van der Waals surface area contributed by atoms with Crippen LogP contribution < -0.4 is 9.47 Å². The van der Waals surface area contributed by atoms with Crippen LogP contribution in [0.1, 0.15) is 23.6 Å². The highest BCUT2D eigenvalue weighted by Crippen LogP contribution is 2.32. The largest absolute Gasteiger partial charge is 0.494 e. The normalized spacial score (nSPS) is 15.3. The summed E-state index contributed by atoms with van der Waals surface area (Å²) in [6.45, 7) is 1.24. The number of non-ortho nitro benzene ring substituents is 1. The second-order valence-corrected chi connectivity index (χ2v) is 7.30. The number of likely N-dealkylation sites (N-methyl/N-ethyl adjacent to an activating group) is 1. The van der Waals surface area contributed by atoms with E-state index in [9.17, 15) is 14.9 Å². The van der Waals surface area contributed by atoms with Crippen LogP contribution in [0.5, 0.6) is 11.5 Å². The van der Waals surface area contributed by atoms with Crippen molar-refractivity contribution in [3.05, 3.63) is 69.8 Å². The smallest absolute Gasteiger partial charge is 0.414 e. The van der Waals surface area contributed by atoms with Crippen LogP contribution in [0.3, 0.4) is 0 Å². The van der Waals surface area contributed by atoms with Crippen LogP contribution in [0.2, 0.25) is 0 Å². The molecule has 0 unspecified atom stereocenters. The van der Waals surface area contributed by atoms with Crippen LogP contribution in [0, 0.1) is 10.1 Å². The molecular formula is C22H26ClN3O5. The van der Waals surface area contributed by atoms with Gasteiger partial charge < -0.3 is 14.4 Å². The lowest BCUT2D eigenvalue weighted by Crippen LogP contribution is -2.26. The molecule has 1 amide bonds. The minimum Gasteiger partial charge on any atom is -0.494 e. The maximum Gasteiger partial charge on any atom is 0.414 e. The molecule has 0 fully saturated rings. The first-order valence-electron chi connectivity index (χ1n) is 9.62. The second kappa shape index (κ2) is 10.8. The van der Waals surface area contributed by atoms with Crippen molar-refractivity contribution >= 4 is 30.3 Å². The number of amides is 1. The molecule has 31 heavy (non-hydrogen) atoms. The molecule has 8 nitrogen and oxygen atoms in total. The third-order valence-electron chi connectivity index (χ3n) is 4.92. The molecule has 0 spiro atoms. The molecule has 2 aromatic rings. The number of carbonyl (C=O) groups excluding carboxylic acids is 1. The van der Waals surface area contributed by atoms with E-state index in [2.05, 4.69) is 18.0 Å². The number of halogens is 1. The lowest BCUT2D eigenvalue weighted by Gasteiger charge is -2.27. The number of hydrogen-bond acceptors (Lipinski definition) is 6. The highest BCUT2D eigenvalue weighted by Gasteiger charge is 2.22. The van der Waals surface area contributed by atoms with Gasteiger partial charge in [-0.15, -0.1) is 12.4 Å². The Morgan fingerprint density at radius 2 is 1.87 bits per heavy atom. The molecule has 0 aliphatic carbocycles. The third-order valence-corrected chi connectivity index (χ3v) is 4.92. The maximum atomic E-state index is 11.8. The third kappa shape index (κ3) is 6.19. The van der Waals surface area contributed by atoms with Crippen molar-refractivity contribution in [2.45, 2.75) is 12.5 Å². The molecule has 1 aliphatic heterocycles. The van der Waals surface area contributed by atoms with E-state index in [1.54, 1.807) is 32.3 Å². The van der Waals surface area contributed by atoms with Gasteiger partial charge in [-0.3, -0.25) is 15.0 Å². The number of ether oxygens (including phenoxy) is 2. The number of nitro benzene ring substituents is 1. The molecule has 1 heterocycles. The molecule has 1 atom stereocenters. The molecule has 0 saturated carbocycles. The fraction of sp³-hybridized carbons (Fsp3) is 0.318. The van der Waals surface area contributed by atoms with Gasteiger partial charge in [-0.05, 0) is 42.4 Å². The molecule has 0 aromatic heterocycles. The molecule has 0 bridgehead atoms. The Labute approximate surface area is 187 Å². The fourth-order valence-corrected chi connectivity index (χ4v) is 3.30. The number of hydrogen-bond donors (Lipinski definition) is 0. The van der Waals surface area contributed by atoms with Crippen LogP contribution in [0.4, 0.5) is 10.5 Å². The van der Waals surface area contributed by atoms with Gasteiger partial charge in [-0.2, -0.15) is 0 Å². The maximum absolute atomic E-state index is 11.8. The molecule has 0 N–H and O–H groups in total. The van der Waals surface area contributed by atoms with Crippen LogP contribution in [-0.4, -0.2) is 55.1 Å². The number of rotatable bonds is 6. The Morgan fingerprint density at radius 1 is 1.19 bits per heavy atom. The van der Waals surface area contributed by atoms with Crippen molar-refractivity contribution in [1.82, 2.24) is 9.80 Å². The molecule has 1 aliphatic rings. The van der Waals surface area contributed by atoms with Gasteiger partial charge in [0.05, 0.1) is 11.5 Å². The highest BCUT2D eigenvalue weighted by atomic mass is 35.5. The van der Waals surface area contributed by atoms with Crippen molar-refractivity contribution in [2.75, 3.05) is 34.3 Å². The number of carbonyl (C=O) groups is 1. The van der Waals surface area contributed by atoms with Gasteiger partial charge in [0.15, 0.2) is 0 Å². The molecular weight excluding hydrogens is 422 g/mol. The van der Waals surface area contributed by atoms with Crippen LogP contribution >= 0.6 is 12.4 Å². The Morgan fingerprint density at radius 3 is 2.52 bits per heavy atom. The van der Waals surface area contributed by atoms with E-state index < -0.39 is 11.0 Å². The minimum atomic E-state index is -0.432. The number of nitrogens with zero attached hydrogens (tertiary/aromatic N) is 3. The lowest BCUT2D eigenvalue weighted by molar-refractivity contribution is -0.384. The van der Waals surface area contributed by atoms with Crippen LogP contribution in [0.25, 0.3) is 6.08 Å². The summed E-state index contributed by atoms with van der Waals surface area (Å²) in [5, 5.41) is 10.8. The first kappa shape index (κ1) is 24.2. The fourth-order valence-electron chi connectivity index (χ4n) is 3.30.